The minimum atomic E-state index is 0.462. The van der Waals surface area contributed by atoms with Crippen LogP contribution in [0.3, 0.4) is 0 Å². The molecule has 0 bridgehead atoms. The predicted octanol–water partition coefficient (Wildman–Crippen LogP) is 2.87. The van der Waals surface area contributed by atoms with Crippen molar-refractivity contribution in [3.63, 3.8) is 0 Å². The molecule has 0 aliphatic rings. The maximum absolute atomic E-state index is 10.3. The SMILES string of the molecule is CC.CC.Cc1nc(C)c2[nH]cnc2c1CNC=O. The van der Waals surface area contributed by atoms with Crippen LogP contribution in [0.25, 0.3) is 11.0 Å². The van der Waals surface area contributed by atoms with E-state index in [1.54, 1.807) is 6.33 Å². The Hall–Kier alpha value is -1.91. The van der Waals surface area contributed by atoms with Crippen LogP contribution in [0.2, 0.25) is 0 Å². The van der Waals surface area contributed by atoms with Crippen LogP contribution in [-0.2, 0) is 11.3 Å². The molecule has 2 heterocycles. The second-order valence-electron chi connectivity index (χ2n) is 3.39. The van der Waals surface area contributed by atoms with Crippen molar-refractivity contribution in [1.82, 2.24) is 20.3 Å². The summed E-state index contributed by atoms with van der Waals surface area (Å²) in [7, 11) is 0. The number of H-pyrrole nitrogens is 1. The lowest BCUT2D eigenvalue weighted by atomic mass is 10.1. The number of aryl methyl sites for hydroxylation is 2. The molecule has 0 saturated carbocycles. The number of carbonyl (C=O) groups is 1. The Morgan fingerprint density at radius 3 is 2.42 bits per heavy atom. The molecule has 0 fully saturated rings. The van der Waals surface area contributed by atoms with Gasteiger partial charge in [0.15, 0.2) is 0 Å². The van der Waals surface area contributed by atoms with Crippen molar-refractivity contribution in [2.45, 2.75) is 48.1 Å². The fraction of sp³-hybridized carbons (Fsp3) is 0.500. The number of rotatable bonds is 3. The number of nitrogens with one attached hydrogen (secondary N) is 2. The molecule has 0 aromatic carbocycles. The summed E-state index contributed by atoms with van der Waals surface area (Å²) in [5.74, 6) is 0. The number of aromatic amines is 1. The van der Waals surface area contributed by atoms with Gasteiger partial charge in [-0.15, -0.1) is 0 Å². The van der Waals surface area contributed by atoms with Gasteiger partial charge in [0.2, 0.25) is 6.41 Å². The summed E-state index contributed by atoms with van der Waals surface area (Å²) >= 11 is 0. The van der Waals surface area contributed by atoms with Crippen molar-refractivity contribution in [2.24, 2.45) is 0 Å². The van der Waals surface area contributed by atoms with Crippen LogP contribution < -0.4 is 5.32 Å². The van der Waals surface area contributed by atoms with Crippen LogP contribution in [0.1, 0.15) is 44.6 Å². The van der Waals surface area contributed by atoms with E-state index in [0.29, 0.717) is 13.0 Å². The first-order valence-electron chi connectivity index (χ1n) is 6.70. The fourth-order valence-electron chi connectivity index (χ4n) is 1.70. The molecule has 0 spiro atoms. The van der Waals surface area contributed by atoms with Gasteiger partial charge in [-0.3, -0.25) is 9.78 Å². The van der Waals surface area contributed by atoms with Crippen molar-refractivity contribution in [3.8, 4) is 0 Å². The van der Waals surface area contributed by atoms with Crippen LogP contribution in [0.5, 0.6) is 0 Å². The third-order valence-electron chi connectivity index (χ3n) is 2.42. The van der Waals surface area contributed by atoms with Gasteiger partial charge in [0.05, 0.1) is 23.1 Å². The van der Waals surface area contributed by atoms with Crippen molar-refractivity contribution >= 4 is 17.4 Å². The first kappa shape index (κ1) is 17.1. The predicted molar refractivity (Wildman–Crippen MR) is 79.0 cm³/mol. The zero-order valence-corrected chi connectivity index (χ0v) is 12.7. The molecule has 2 N–H and O–H groups in total. The molecular formula is C14H24N4O. The number of fused-ring (bicyclic) bond motifs is 1. The smallest absolute Gasteiger partial charge is 0.207 e. The maximum atomic E-state index is 10.3. The molecule has 5 nitrogen and oxygen atoms in total. The van der Waals surface area contributed by atoms with Gasteiger partial charge < -0.3 is 10.3 Å². The Kier molecular flexibility index (Phi) is 8.17. The highest BCUT2D eigenvalue weighted by Gasteiger charge is 2.10. The van der Waals surface area contributed by atoms with Gasteiger partial charge in [-0.1, -0.05) is 27.7 Å². The number of carbonyl (C=O) groups excluding carboxylic acids is 1. The monoisotopic (exact) mass is 264 g/mol. The summed E-state index contributed by atoms with van der Waals surface area (Å²) in [6.45, 7) is 12.3. The van der Waals surface area contributed by atoms with Crippen LogP contribution >= 0.6 is 0 Å². The highest BCUT2D eigenvalue weighted by atomic mass is 16.1. The summed E-state index contributed by atoms with van der Waals surface area (Å²) < 4.78 is 0. The molecule has 0 unspecified atom stereocenters. The lowest BCUT2D eigenvalue weighted by molar-refractivity contribution is -0.109. The molecule has 0 aliphatic heterocycles. The van der Waals surface area contributed by atoms with E-state index in [1.165, 1.54) is 0 Å². The second kappa shape index (κ2) is 9.08. The van der Waals surface area contributed by atoms with Crippen molar-refractivity contribution in [1.29, 1.82) is 0 Å². The fourth-order valence-corrected chi connectivity index (χ4v) is 1.70. The summed E-state index contributed by atoms with van der Waals surface area (Å²) in [6.07, 6.45) is 2.32. The van der Waals surface area contributed by atoms with E-state index in [2.05, 4.69) is 20.3 Å². The molecule has 0 atom stereocenters. The van der Waals surface area contributed by atoms with Gasteiger partial charge in [-0.05, 0) is 13.8 Å². The molecule has 2 rings (SSSR count). The van der Waals surface area contributed by atoms with E-state index in [4.69, 9.17) is 0 Å². The van der Waals surface area contributed by atoms with Gasteiger partial charge in [-0.25, -0.2) is 4.98 Å². The van der Waals surface area contributed by atoms with E-state index in [1.807, 2.05) is 41.5 Å². The molecule has 0 aliphatic carbocycles. The van der Waals surface area contributed by atoms with E-state index in [9.17, 15) is 4.79 Å². The third kappa shape index (κ3) is 4.05. The minimum absolute atomic E-state index is 0.462. The van der Waals surface area contributed by atoms with Crippen molar-refractivity contribution < 1.29 is 4.79 Å². The molecule has 1 amide bonds. The first-order chi connectivity index (χ1) is 9.24. The lowest BCUT2D eigenvalue weighted by Crippen LogP contribution is -2.12. The number of pyridine rings is 1. The summed E-state index contributed by atoms with van der Waals surface area (Å²) in [4.78, 5) is 22.0. The van der Waals surface area contributed by atoms with Crippen LogP contribution in [-0.4, -0.2) is 21.4 Å². The summed E-state index contributed by atoms with van der Waals surface area (Å²) in [6, 6.07) is 0. The Balaban J connectivity index is 0.000000741. The number of amides is 1. The van der Waals surface area contributed by atoms with E-state index in [0.717, 1.165) is 28.0 Å². The molecular weight excluding hydrogens is 240 g/mol. The Morgan fingerprint density at radius 2 is 1.84 bits per heavy atom. The second-order valence-corrected chi connectivity index (χ2v) is 3.39. The van der Waals surface area contributed by atoms with Gasteiger partial charge in [0, 0.05) is 17.8 Å². The quantitative estimate of drug-likeness (QED) is 0.837. The van der Waals surface area contributed by atoms with Crippen molar-refractivity contribution in [3.05, 3.63) is 23.3 Å². The van der Waals surface area contributed by atoms with E-state index >= 15 is 0 Å². The van der Waals surface area contributed by atoms with Gasteiger partial charge in [0.25, 0.3) is 0 Å². The molecule has 106 valence electrons. The van der Waals surface area contributed by atoms with Gasteiger partial charge in [-0.2, -0.15) is 0 Å². The average molecular weight is 264 g/mol. The van der Waals surface area contributed by atoms with Crippen LogP contribution in [0.4, 0.5) is 0 Å². The molecule has 5 heteroatoms. The first-order valence-corrected chi connectivity index (χ1v) is 6.70. The number of nitrogens with zero attached hydrogens (tertiary/aromatic N) is 2. The van der Waals surface area contributed by atoms with Gasteiger partial charge >= 0.3 is 0 Å². The summed E-state index contributed by atoms with van der Waals surface area (Å²) in [5, 5.41) is 2.63. The largest absolute Gasteiger partial charge is 0.354 e. The highest BCUT2D eigenvalue weighted by Crippen LogP contribution is 2.19. The zero-order valence-electron chi connectivity index (χ0n) is 12.7. The molecule has 0 radical (unpaired) electrons. The normalized spacial score (nSPS) is 8.95. The maximum Gasteiger partial charge on any atom is 0.207 e. The van der Waals surface area contributed by atoms with Crippen LogP contribution in [0.15, 0.2) is 6.33 Å². The number of hydrogen-bond donors (Lipinski definition) is 2. The average Bonchev–Trinajstić information content (AvgIpc) is 2.93. The Bertz CT molecular complexity index is 505. The zero-order chi connectivity index (χ0) is 14.8. The summed E-state index contributed by atoms with van der Waals surface area (Å²) in [5.41, 5.74) is 4.61. The molecule has 2 aromatic heterocycles. The van der Waals surface area contributed by atoms with E-state index in [-0.39, 0.29) is 0 Å². The third-order valence-corrected chi connectivity index (χ3v) is 2.42. The van der Waals surface area contributed by atoms with Crippen molar-refractivity contribution in [2.75, 3.05) is 0 Å². The van der Waals surface area contributed by atoms with Gasteiger partial charge in [0.1, 0.15) is 0 Å². The molecule has 2 aromatic rings. The van der Waals surface area contributed by atoms with Crippen LogP contribution in [0, 0.1) is 13.8 Å². The Labute approximate surface area is 114 Å². The number of hydrogen-bond acceptors (Lipinski definition) is 3. The molecule has 19 heavy (non-hydrogen) atoms. The topological polar surface area (TPSA) is 70.7 Å². The standard InChI is InChI=1S/C10H12N4O.2C2H6/c1-6-8(3-11-5-15)10-9(7(2)14-6)12-4-13-10;2*1-2/h4-5H,3H2,1-2H3,(H,11,15)(H,12,13);2*1-2H3. The number of imidazole rings is 1. The Morgan fingerprint density at radius 1 is 1.21 bits per heavy atom. The highest BCUT2D eigenvalue weighted by molar-refractivity contribution is 5.81. The lowest BCUT2D eigenvalue weighted by Gasteiger charge is -2.06. The number of aromatic nitrogens is 3. The molecule has 0 saturated heterocycles. The minimum Gasteiger partial charge on any atom is -0.354 e. The van der Waals surface area contributed by atoms with E-state index < -0.39 is 0 Å².